The Kier molecular flexibility index (Phi) is 35.0. The Labute approximate surface area is 167 Å². The summed E-state index contributed by atoms with van der Waals surface area (Å²) in [7, 11) is 2.17. The molecule has 0 aromatic heterocycles. The predicted molar refractivity (Wildman–Crippen MR) is 124 cm³/mol. The van der Waals surface area contributed by atoms with E-state index in [1.54, 1.807) is 0 Å². The van der Waals surface area contributed by atoms with Gasteiger partial charge >= 0.3 is 0 Å². The third kappa shape index (κ3) is 40.4. The Bertz CT molecular complexity index is 185. The molecule has 0 spiro atoms. The van der Waals surface area contributed by atoms with Gasteiger partial charge in [-0.15, -0.1) is 0 Å². The molecule has 156 valence electrons. The van der Waals surface area contributed by atoms with Crippen LogP contribution in [0.25, 0.3) is 0 Å². The highest BCUT2D eigenvalue weighted by molar-refractivity contribution is 7.99. The van der Waals surface area contributed by atoms with Crippen LogP contribution in [0, 0.1) is 5.92 Å². The van der Waals surface area contributed by atoms with Crippen molar-refractivity contribution in [2.45, 2.75) is 113 Å². The van der Waals surface area contributed by atoms with E-state index in [2.05, 4.69) is 72.2 Å². The Morgan fingerprint density at radius 2 is 1.12 bits per heavy atom. The lowest BCUT2D eigenvalue weighted by atomic mass is 10.0. The maximum Gasteiger partial charge on any atom is -0.00244 e. The maximum atomic E-state index is 2.36. The van der Waals surface area contributed by atoms with Gasteiger partial charge in [-0.25, -0.2) is 0 Å². The van der Waals surface area contributed by atoms with E-state index in [4.69, 9.17) is 0 Å². The van der Waals surface area contributed by atoms with E-state index in [0.717, 1.165) is 5.92 Å². The maximum absolute atomic E-state index is 2.36. The van der Waals surface area contributed by atoms with Crippen LogP contribution in [0.4, 0.5) is 0 Å². The summed E-state index contributed by atoms with van der Waals surface area (Å²) in [5, 5.41) is 0. The van der Waals surface area contributed by atoms with E-state index < -0.39 is 0 Å². The molecule has 1 nitrogen and oxygen atoms in total. The largest absolute Gasteiger partial charge is 0.306 e. The third-order valence-corrected chi connectivity index (χ3v) is 5.19. The van der Waals surface area contributed by atoms with Gasteiger partial charge in [0.05, 0.1) is 0 Å². The van der Waals surface area contributed by atoms with E-state index in [1.807, 2.05) is 0 Å². The molecule has 0 atom stereocenters. The fourth-order valence-corrected chi connectivity index (χ4v) is 3.20. The first-order chi connectivity index (χ1) is 12.0. The van der Waals surface area contributed by atoms with Crippen molar-refractivity contribution in [3.05, 3.63) is 0 Å². The fraction of sp³-hybridized carbons (Fsp3) is 1.00. The zero-order valence-corrected chi connectivity index (χ0v) is 20.1. The zero-order valence-electron chi connectivity index (χ0n) is 19.3. The summed E-state index contributed by atoms with van der Waals surface area (Å²) < 4.78 is 0. The predicted octanol–water partition coefficient (Wildman–Crippen LogP) is 8.28. The first-order valence-corrected chi connectivity index (χ1v) is 12.4. The molecule has 0 unspecified atom stereocenters. The minimum absolute atomic E-state index is 0.904. The van der Waals surface area contributed by atoms with Gasteiger partial charge in [-0.1, -0.05) is 87.0 Å². The van der Waals surface area contributed by atoms with Crippen molar-refractivity contribution in [3.8, 4) is 0 Å². The molecule has 0 aromatic carbocycles. The van der Waals surface area contributed by atoms with E-state index in [-0.39, 0.29) is 0 Å². The smallest absolute Gasteiger partial charge is 0.00244 e. The highest BCUT2D eigenvalue weighted by Crippen LogP contribution is 2.09. The molecule has 0 saturated heterocycles. The Morgan fingerprint density at radius 1 is 0.640 bits per heavy atom. The second-order valence-electron chi connectivity index (χ2n) is 7.51. The molecule has 0 N–H and O–H groups in total. The Morgan fingerprint density at radius 3 is 1.48 bits per heavy atom. The lowest BCUT2D eigenvalue weighted by Gasteiger charge is -2.12. The summed E-state index contributed by atoms with van der Waals surface area (Å²) >= 11 is 2.05. The molecule has 0 radical (unpaired) electrons. The average Bonchev–Trinajstić information content (AvgIpc) is 2.57. The zero-order chi connectivity index (χ0) is 19.8. The summed E-state index contributed by atoms with van der Waals surface area (Å²) in [6, 6.07) is 0. The van der Waals surface area contributed by atoms with Crippen LogP contribution < -0.4 is 0 Å². The molecular formula is C23H53NS. The summed E-state index contributed by atoms with van der Waals surface area (Å²) in [5.74, 6) is 3.59. The number of thioether (sulfide) groups is 1. The van der Waals surface area contributed by atoms with Crippen LogP contribution in [0.1, 0.15) is 113 Å². The van der Waals surface area contributed by atoms with Gasteiger partial charge in [-0.3, -0.25) is 0 Å². The van der Waals surface area contributed by atoms with Crippen molar-refractivity contribution in [2.75, 3.05) is 31.6 Å². The molecule has 0 aliphatic heterocycles. The summed E-state index contributed by atoms with van der Waals surface area (Å²) in [4.78, 5) is 2.36. The lowest BCUT2D eigenvalue weighted by Crippen LogP contribution is -2.19. The second-order valence-corrected chi connectivity index (χ2v) is 8.74. The molecule has 0 aliphatic rings. The van der Waals surface area contributed by atoms with Crippen molar-refractivity contribution in [3.63, 3.8) is 0 Å². The minimum atomic E-state index is 0.904. The van der Waals surface area contributed by atoms with Crippen LogP contribution >= 0.6 is 11.8 Å². The van der Waals surface area contributed by atoms with Gasteiger partial charge in [0.2, 0.25) is 0 Å². The van der Waals surface area contributed by atoms with Crippen LogP contribution in [-0.4, -0.2) is 36.5 Å². The molecule has 0 saturated carbocycles. The van der Waals surface area contributed by atoms with E-state index in [0.29, 0.717) is 0 Å². The Hall–Kier alpha value is 0.310. The van der Waals surface area contributed by atoms with E-state index in [1.165, 1.54) is 88.8 Å². The fourth-order valence-electron chi connectivity index (χ4n) is 2.42. The van der Waals surface area contributed by atoms with Gasteiger partial charge in [0, 0.05) is 0 Å². The standard InChI is InChI=1S/C10H22.C7H17N.C6H14S/c1-4-5-6-7-8-9-10(2)3;1-4-6-8(3)7-5-2;1-3-5-7-6-4-2/h10H,4-9H2,1-3H3;4-7H2,1-3H3;3-6H2,1-2H3. The van der Waals surface area contributed by atoms with Gasteiger partial charge in [-0.2, -0.15) is 11.8 Å². The van der Waals surface area contributed by atoms with E-state index >= 15 is 0 Å². The first kappa shape index (κ1) is 30.1. The van der Waals surface area contributed by atoms with Crippen molar-refractivity contribution >= 4 is 11.8 Å². The number of hydrogen-bond acceptors (Lipinski definition) is 2. The number of rotatable bonds is 14. The van der Waals surface area contributed by atoms with Crippen molar-refractivity contribution < 1.29 is 0 Å². The highest BCUT2D eigenvalue weighted by Gasteiger charge is 1.93. The van der Waals surface area contributed by atoms with Gasteiger partial charge in [0.1, 0.15) is 0 Å². The quantitative estimate of drug-likeness (QED) is 0.281. The van der Waals surface area contributed by atoms with Crippen molar-refractivity contribution in [1.29, 1.82) is 0 Å². The average molecular weight is 376 g/mol. The molecule has 0 fully saturated rings. The van der Waals surface area contributed by atoms with Crippen LogP contribution in [0.15, 0.2) is 0 Å². The minimum Gasteiger partial charge on any atom is -0.306 e. The van der Waals surface area contributed by atoms with Gasteiger partial charge < -0.3 is 4.90 Å². The number of hydrogen-bond donors (Lipinski definition) is 0. The Balaban J connectivity index is -0.000000296. The van der Waals surface area contributed by atoms with E-state index in [9.17, 15) is 0 Å². The first-order valence-electron chi connectivity index (χ1n) is 11.3. The molecule has 0 heterocycles. The molecule has 0 aromatic rings. The third-order valence-electron chi connectivity index (χ3n) is 3.79. The topological polar surface area (TPSA) is 3.24 Å². The van der Waals surface area contributed by atoms with Crippen LogP contribution in [0.3, 0.4) is 0 Å². The van der Waals surface area contributed by atoms with Crippen LogP contribution in [-0.2, 0) is 0 Å². The molecule has 0 rings (SSSR count). The molecule has 25 heavy (non-hydrogen) atoms. The molecular weight excluding hydrogens is 322 g/mol. The monoisotopic (exact) mass is 375 g/mol. The lowest BCUT2D eigenvalue weighted by molar-refractivity contribution is 0.335. The highest BCUT2D eigenvalue weighted by atomic mass is 32.2. The molecule has 0 aliphatic carbocycles. The van der Waals surface area contributed by atoms with Crippen molar-refractivity contribution in [2.24, 2.45) is 5.92 Å². The molecule has 0 bridgehead atoms. The second kappa shape index (κ2) is 29.1. The SMILES string of the molecule is CCCCCCCC(C)C.CCCN(C)CCC.CCCSCCC. The summed E-state index contributed by atoms with van der Waals surface area (Å²) in [6.07, 6.45) is 13.7. The summed E-state index contributed by atoms with van der Waals surface area (Å²) in [5.41, 5.74) is 0. The number of nitrogens with zero attached hydrogens (tertiary/aromatic N) is 1. The van der Waals surface area contributed by atoms with Crippen LogP contribution in [0.5, 0.6) is 0 Å². The molecule has 0 amide bonds. The van der Waals surface area contributed by atoms with Gasteiger partial charge in [-0.05, 0) is 63.2 Å². The van der Waals surface area contributed by atoms with Gasteiger partial charge in [0.15, 0.2) is 0 Å². The summed E-state index contributed by atoms with van der Waals surface area (Å²) in [6.45, 7) is 18.2. The van der Waals surface area contributed by atoms with Crippen molar-refractivity contribution in [1.82, 2.24) is 4.90 Å². The van der Waals surface area contributed by atoms with Crippen LogP contribution in [0.2, 0.25) is 0 Å². The number of unbranched alkanes of at least 4 members (excludes halogenated alkanes) is 4. The van der Waals surface area contributed by atoms with Gasteiger partial charge in [0.25, 0.3) is 0 Å². The molecule has 2 heteroatoms. The normalized spacial score (nSPS) is 10.3.